The predicted molar refractivity (Wildman–Crippen MR) is 84.6 cm³/mol. The molecule has 0 saturated carbocycles. The zero-order valence-corrected chi connectivity index (χ0v) is 13.4. The first kappa shape index (κ1) is 17.2. The lowest BCUT2D eigenvalue weighted by atomic mass is 10.1. The van der Waals surface area contributed by atoms with Gasteiger partial charge in [0, 0.05) is 11.9 Å². The number of carbonyl (C=O) groups is 1. The van der Waals surface area contributed by atoms with Gasteiger partial charge in [-0.1, -0.05) is 53.7 Å². The van der Waals surface area contributed by atoms with Crippen LogP contribution in [0.15, 0.2) is 24.3 Å². The van der Waals surface area contributed by atoms with Crippen LogP contribution in [-0.4, -0.2) is 23.0 Å². The fourth-order valence-electron chi connectivity index (χ4n) is 1.94. The molecule has 1 N–H and O–H groups in total. The van der Waals surface area contributed by atoms with Gasteiger partial charge in [-0.2, -0.15) is 0 Å². The van der Waals surface area contributed by atoms with Gasteiger partial charge in [-0.15, -0.1) is 0 Å². The summed E-state index contributed by atoms with van der Waals surface area (Å²) in [4.78, 5) is 10.7. The molecule has 1 rings (SSSR count). The van der Waals surface area contributed by atoms with Crippen LogP contribution in [0.2, 0.25) is 0 Å². The van der Waals surface area contributed by atoms with Gasteiger partial charge in [0.25, 0.3) is 0 Å². The molecule has 1 aromatic rings. The summed E-state index contributed by atoms with van der Waals surface area (Å²) in [5, 5.41) is 9.90. The lowest BCUT2D eigenvalue weighted by molar-refractivity contribution is 0.0696. The van der Waals surface area contributed by atoms with Gasteiger partial charge in [0.05, 0.1) is 12.2 Å². The Balaban J connectivity index is 2.02. The fourth-order valence-corrected chi connectivity index (χ4v) is 2.34. The van der Waals surface area contributed by atoms with Crippen LogP contribution >= 0.6 is 15.9 Å². The van der Waals surface area contributed by atoms with Crippen molar-refractivity contribution in [2.24, 2.45) is 0 Å². The summed E-state index contributed by atoms with van der Waals surface area (Å²) < 4.78 is 5.59. The molecule has 3 nitrogen and oxygen atoms in total. The van der Waals surface area contributed by atoms with E-state index in [0.717, 1.165) is 23.9 Å². The van der Waals surface area contributed by atoms with Crippen molar-refractivity contribution in [2.75, 3.05) is 11.9 Å². The topological polar surface area (TPSA) is 46.5 Å². The van der Waals surface area contributed by atoms with Crippen molar-refractivity contribution in [1.82, 2.24) is 0 Å². The Morgan fingerprint density at radius 2 is 1.60 bits per heavy atom. The summed E-state index contributed by atoms with van der Waals surface area (Å²) in [5.74, 6) is -0.891. The molecule has 4 heteroatoms. The van der Waals surface area contributed by atoms with Crippen LogP contribution < -0.4 is 0 Å². The molecule has 0 saturated heterocycles. The predicted octanol–water partition coefficient (Wildman–Crippen LogP) is 4.64. The number of carboxylic acids is 1. The summed E-state index contributed by atoms with van der Waals surface area (Å²) in [6.45, 7) is 1.34. The molecule has 112 valence electrons. The van der Waals surface area contributed by atoms with Crippen LogP contribution in [0.3, 0.4) is 0 Å². The Kier molecular flexibility index (Phi) is 9.33. The highest BCUT2D eigenvalue weighted by molar-refractivity contribution is 9.09. The van der Waals surface area contributed by atoms with Crippen molar-refractivity contribution in [3.8, 4) is 0 Å². The van der Waals surface area contributed by atoms with E-state index in [-0.39, 0.29) is 0 Å². The standard InChI is InChI=1S/C16H23BrO3/c17-11-5-3-1-2-4-6-12-20-13-14-7-9-15(10-8-14)16(18)19/h7-10H,1-6,11-13H2,(H,18,19). The second-order valence-corrected chi connectivity index (χ2v) is 5.66. The second-order valence-electron chi connectivity index (χ2n) is 4.86. The van der Waals surface area contributed by atoms with Gasteiger partial charge in [0.1, 0.15) is 0 Å². The molecule has 0 heterocycles. The lowest BCUT2D eigenvalue weighted by Gasteiger charge is -2.05. The van der Waals surface area contributed by atoms with Gasteiger partial charge >= 0.3 is 5.97 Å². The van der Waals surface area contributed by atoms with Gasteiger partial charge in [-0.3, -0.25) is 0 Å². The first-order valence-electron chi connectivity index (χ1n) is 7.20. The van der Waals surface area contributed by atoms with Crippen LogP contribution in [0.1, 0.15) is 54.4 Å². The maximum absolute atomic E-state index is 10.7. The molecule has 0 radical (unpaired) electrons. The number of alkyl halides is 1. The molecule has 20 heavy (non-hydrogen) atoms. The number of benzene rings is 1. The van der Waals surface area contributed by atoms with E-state index in [9.17, 15) is 4.79 Å². The molecular formula is C16H23BrO3. The molecule has 0 bridgehead atoms. The van der Waals surface area contributed by atoms with Gasteiger partial charge in [-0.25, -0.2) is 4.79 Å². The van der Waals surface area contributed by atoms with E-state index in [0.29, 0.717) is 12.2 Å². The Hall–Kier alpha value is -0.870. The molecule has 0 aromatic heterocycles. The molecular weight excluding hydrogens is 320 g/mol. The maximum atomic E-state index is 10.7. The first-order valence-corrected chi connectivity index (χ1v) is 8.32. The van der Waals surface area contributed by atoms with Crippen molar-refractivity contribution < 1.29 is 14.6 Å². The van der Waals surface area contributed by atoms with E-state index >= 15 is 0 Å². The van der Waals surface area contributed by atoms with E-state index in [1.54, 1.807) is 12.1 Å². The number of halogens is 1. The molecule has 0 amide bonds. The normalized spacial score (nSPS) is 10.7. The van der Waals surface area contributed by atoms with Crippen molar-refractivity contribution >= 4 is 21.9 Å². The SMILES string of the molecule is O=C(O)c1ccc(COCCCCCCCCBr)cc1. The minimum atomic E-state index is -0.891. The number of unbranched alkanes of at least 4 members (excludes halogenated alkanes) is 5. The van der Waals surface area contributed by atoms with E-state index < -0.39 is 5.97 Å². The summed E-state index contributed by atoms with van der Waals surface area (Å²) >= 11 is 3.43. The van der Waals surface area contributed by atoms with Gasteiger partial charge in [0.2, 0.25) is 0 Å². The van der Waals surface area contributed by atoms with E-state index in [2.05, 4.69) is 15.9 Å². The number of ether oxygens (including phenoxy) is 1. The third-order valence-electron chi connectivity index (χ3n) is 3.14. The van der Waals surface area contributed by atoms with E-state index in [4.69, 9.17) is 9.84 Å². The highest BCUT2D eigenvalue weighted by Crippen LogP contribution is 2.08. The highest BCUT2D eigenvalue weighted by Gasteiger charge is 2.01. The average molecular weight is 343 g/mol. The lowest BCUT2D eigenvalue weighted by Crippen LogP contribution is -1.98. The molecule has 0 fully saturated rings. The second kappa shape index (κ2) is 10.9. The Morgan fingerprint density at radius 1 is 1.00 bits per heavy atom. The first-order chi connectivity index (χ1) is 9.74. The van der Waals surface area contributed by atoms with Crippen LogP contribution in [0.5, 0.6) is 0 Å². The maximum Gasteiger partial charge on any atom is 0.335 e. The number of carboxylic acid groups (broad SMARTS) is 1. The zero-order chi connectivity index (χ0) is 14.6. The third-order valence-corrected chi connectivity index (χ3v) is 3.70. The van der Waals surface area contributed by atoms with Crippen molar-refractivity contribution in [2.45, 2.75) is 45.1 Å². The summed E-state index contributed by atoms with van der Waals surface area (Å²) in [6, 6.07) is 6.85. The molecule has 0 aliphatic rings. The largest absolute Gasteiger partial charge is 0.478 e. The van der Waals surface area contributed by atoms with Gasteiger partial charge < -0.3 is 9.84 Å². The Labute approximate surface area is 129 Å². The summed E-state index contributed by atoms with van der Waals surface area (Å²) in [5.41, 5.74) is 1.34. The van der Waals surface area contributed by atoms with Crippen molar-refractivity contribution in [1.29, 1.82) is 0 Å². The number of aromatic carboxylic acids is 1. The Bertz CT molecular complexity index is 376. The monoisotopic (exact) mass is 342 g/mol. The zero-order valence-electron chi connectivity index (χ0n) is 11.8. The third kappa shape index (κ3) is 7.65. The quantitative estimate of drug-likeness (QED) is 0.470. The van der Waals surface area contributed by atoms with E-state index in [1.165, 1.54) is 32.1 Å². The molecule has 0 unspecified atom stereocenters. The van der Waals surface area contributed by atoms with Crippen LogP contribution in [-0.2, 0) is 11.3 Å². The van der Waals surface area contributed by atoms with Crippen molar-refractivity contribution in [3.05, 3.63) is 35.4 Å². The van der Waals surface area contributed by atoms with Gasteiger partial charge in [0.15, 0.2) is 0 Å². The molecule has 0 aliphatic heterocycles. The number of rotatable bonds is 11. The van der Waals surface area contributed by atoms with Crippen molar-refractivity contribution in [3.63, 3.8) is 0 Å². The van der Waals surface area contributed by atoms with Crippen LogP contribution in [0, 0.1) is 0 Å². The number of hydrogen-bond donors (Lipinski definition) is 1. The smallest absolute Gasteiger partial charge is 0.335 e. The minimum Gasteiger partial charge on any atom is -0.478 e. The summed E-state index contributed by atoms with van der Waals surface area (Å²) in [7, 11) is 0. The molecule has 0 aliphatic carbocycles. The molecule has 1 aromatic carbocycles. The average Bonchev–Trinajstić information content (AvgIpc) is 2.46. The molecule has 0 spiro atoms. The number of hydrogen-bond acceptors (Lipinski definition) is 2. The summed E-state index contributed by atoms with van der Waals surface area (Å²) in [6.07, 6.45) is 7.48. The highest BCUT2D eigenvalue weighted by atomic mass is 79.9. The fraction of sp³-hybridized carbons (Fsp3) is 0.562. The van der Waals surface area contributed by atoms with Crippen LogP contribution in [0.25, 0.3) is 0 Å². The Morgan fingerprint density at radius 3 is 2.20 bits per heavy atom. The molecule has 0 atom stereocenters. The minimum absolute atomic E-state index is 0.317. The van der Waals surface area contributed by atoms with E-state index in [1.807, 2.05) is 12.1 Å². The van der Waals surface area contributed by atoms with Crippen LogP contribution in [0.4, 0.5) is 0 Å². The van der Waals surface area contributed by atoms with Gasteiger partial charge in [-0.05, 0) is 30.5 Å².